The average molecular weight is 421 g/mol. The van der Waals surface area contributed by atoms with E-state index in [0.717, 1.165) is 67.0 Å². The number of nitrogens with one attached hydrogen (secondary N) is 1. The molecule has 1 aliphatic heterocycles. The molecule has 1 fully saturated rings. The molecule has 1 N–H and O–H groups in total. The van der Waals surface area contributed by atoms with Crippen molar-refractivity contribution in [2.24, 2.45) is 5.92 Å². The summed E-state index contributed by atoms with van der Waals surface area (Å²) in [6.45, 7) is 5.16. The molecule has 7 heteroatoms. The fraction of sp³-hybridized carbons (Fsp3) is 0.458. The van der Waals surface area contributed by atoms with Gasteiger partial charge in [0.15, 0.2) is 11.5 Å². The monoisotopic (exact) mass is 420 g/mol. The van der Waals surface area contributed by atoms with Crippen molar-refractivity contribution in [3.63, 3.8) is 0 Å². The minimum Gasteiger partial charge on any atom is -0.354 e. The molecular formula is C24H29FN6. The van der Waals surface area contributed by atoms with Gasteiger partial charge in [0.2, 0.25) is 5.95 Å². The molecule has 4 heterocycles. The summed E-state index contributed by atoms with van der Waals surface area (Å²) in [4.78, 5) is 16.0. The molecule has 0 saturated carbocycles. The van der Waals surface area contributed by atoms with E-state index >= 15 is 0 Å². The Balaban J connectivity index is 1.41. The lowest BCUT2D eigenvalue weighted by atomic mass is 9.97. The Morgan fingerprint density at radius 3 is 2.87 bits per heavy atom. The number of likely N-dealkylation sites (tertiary alicyclic amines) is 1. The number of rotatable bonds is 4. The molecular weight excluding hydrogens is 391 g/mol. The Morgan fingerprint density at radius 1 is 1.19 bits per heavy atom. The molecule has 31 heavy (non-hydrogen) atoms. The van der Waals surface area contributed by atoms with E-state index in [9.17, 15) is 4.39 Å². The number of fused-ring (bicyclic) bond motifs is 2. The second-order valence-electron chi connectivity index (χ2n) is 8.86. The van der Waals surface area contributed by atoms with E-state index < -0.39 is 0 Å². The maximum absolute atomic E-state index is 14.7. The van der Waals surface area contributed by atoms with Crippen molar-refractivity contribution in [1.29, 1.82) is 0 Å². The van der Waals surface area contributed by atoms with Crippen LogP contribution in [0.15, 0.2) is 30.7 Å². The minimum atomic E-state index is -0.311. The van der Waals surface area contributed by atoms with E-state index in [1.54, 1.807) is 12.3 Å². The highest BCUT2D eigenvalue weighted by Gasteiger charge is 2.20. The maximum atomic E-state index is 14.7. The van der Waals surface area contributed by atoms with Gasteiger partial charge in [0.1, 0.15) is 0 Å². The molecule has 162 valence electrons. The number of aromatic nitrogens is 4. The highest BCUT2D eigenvalue weighted by molar-refractivity contribution is 5.81. The molecule has 5 rings (SSSR count). The Labute approximate surface area is 182 Å². The number of halogens is 1. The predicted molar refractivity (Wildman–Crippen MR) is 121 cm³/mol. The van der Waals surface area contributed by atoms with E-state index in [4.69, 9.17) is 4.98 Å². The second kappa shape index (κ2) is 8.38. The summed E-state index contributed by atoms with van der Waals surface area (Å²) in [6.07, 6.45) is 13.0. The Bertz CT molecular complexity index is 1130. The lowest BCUT2D eigenvalue weighted by molar-refractivity contribution is 0.226. The average Bonchev–Trinajstić information content (AvgIpc) is 3.02. The highest BCUT2D eigenvalue weighted by atomic mass is 19.1. The van der Waals surface area contributed by atoms with Gasteiger partial charge in [0.05, 0.1) is 5.69 Å². The SMILES string of the molecule is Cc1cnc2c(F)cc(C3=CCCCc4nc(NCC5CCN(C)CC5)ncc43)cn12. The molecule has 0 atom stereocenters. The van der Waals surface area contributed by atoms with Gasteiger partial charge in [-0.05, 0) is 76.7 Å². The van der Waals surface area contributed by atoms with Crippen molar-refractivity contribution < 1.29 is 4.39 Å². The van der Waals surface area contributed by atoms with Gasteiger partial charge in [-0.3, -0.25) is 0 Å². The summed E-state index contributed by atoms with van der Waals surface area (Å²) < 4.78 is 16.5. The first-order valence-electron chi connectivity index (χ1n) is 11.2. The van der Waals surface area contributed by atoms with Gasteiger partial charge in [0.25, 0.3) is 0 Å². The summed E-state index contributed by atoms with van der Waals surface area (Å²) in [6, 6.07) is 1.58. The van der Waals surface area contributed by atoms with Crippen molar-refractivity contribution in [3.05, 3.63) is 59.1 Å². The van der Waals surface area contributed by atoms with Gasteiger partial charge in [-0.2, -0.15) is 0 Å². The zero-order valence-corrected chi connectivity index (χ0v) is 18.2. The predicted octanol–water partition coefficient (Wildman–Crippen LogP) is 4.09. The van der Waals surface area contributed by atoms with E-state index in [-0.39, 0.29) is 5.82 Å². The summed E-state index contributed by atoms with van der Waals surface area (Å²) in [5, 5.41) is 3.46. The molecule has 2 aliphatic rings. The first-order valence-corrected chi connectivity index (χ1v) is 11.2. The fourth-order valence-corrected chi connectivity index (χ4v) is 4.63. The molecule has 6 nitrogen and oxygen atoms in total. The third kappa shape index (κ3) is 4.06. The minimum absolute atomic E-state index is 0.311. The van der Waals surface area contributed by atoms with Crippen LogP contribution in [0.5, 0.6) is 0 Å². The molecule has 1 saturated heterocycles. The number of allylic oxidation sites excluding steroid dienone is 1. The van der Waals surface area contributed by atoms with Gasteiger partial charge in [0, 0.05) is 42.0 Å². The molecule has 0 unspecified atom stereocenters. The number of imidazole rings is 1. The maximum Gasteiger partial charge on any atom is 0.222 e. The van der Waals surface area contributed by atoms with Crippen LogP contribution in [0, 0.1) is 18.7 Å². The quantitative estimate of drug-likeness (QED) is 0.689. The number of pyridine rings is 1. The third-order valence-corrected chi connectivity index (χ3v) is 6.57. The smallest absolute Gasteiger partial charge is 0.222 e. The van der Waals surface area contributed by atoms with E-state index in [1.807, 2.05) is 23.7 Å². The van der Waals surface area contributed by atoms with Crippen molar-refractivity contribution in [2.75, 3.05) is 32.0 Å². The molecule has 0 bridgehead atoms. The number of hydrogen-bond acceptors (Lipinski definition) is 5. The van der Waals surface area contributed by atoms with Crippen LogP contribution in [-0.4, -0.2) is 50.9 Å². The highest BCUT2D eigenvalue weighted by Crippen LogP contribution is 2.31. The summed E-state index contributed by atoms with van der Waals surface area (Å²) in [5.74, 6) is 1.06. The molecule has 1 aliphatic carbocycles. The van der Waals surface area contributed by atoms with Crippen LogP contribution in [0.25, 0.3) is 11.2 Å². The van der Waals surface area contributed by atoms with Crippen molar-refractivity contribution in [3.8, 4) is 0 Å². The van der Waals surface area contributed by atoms with Crippen molar-refractivity contribution >= 4 is 17.2 Å². The topological polar surface area (TPSA) is 58.4 Å². The van der Waals surface area contributed by atoms with Crippen molar-refractivity contribution in [1.82, 2.24) is 24.3 Å². The first kappa shape index (κ1) is 20.1. The Hall–Kier alpha value is -2.80. The van der Waals surface area contributed by atoms with Crippen LogP contribution in [0.3, 0.4) is 0 Å². The van der Waals surface area contributed by atoms with E-state index in [2.05, 4.69) is 33.3 Å². The summed E-state index contributed by atoms with van der Waals surface area (Å²) in [7, 11) is 2.18. The number of anilines is 1. The van der Waals surface area contributed by atoms with E-state index in [1.165, 1.54) is 12.8 Å². The number of nitrogens with zero attached hydrogens (tertiary/aromatic N) is 5. The van der Waals surface area contributed by atoms with Crippen molar-refractivity contribution in [2.45, 2.75) is 39.0 Å². The normalized spacial score (nSPS) is 18.0. The number of aryl methyl sites for hydroxylation is 2. The van der Waals surface area contributed by atoms with Crippen LogP contribution in [-0.2, 0) is 6.42 Å². The molecule has 0 aromatic carbocycles. The number of piperidine rings is 1. The van der Waals surface area contributed by atoms with Gasteiger partial charge in [-0.15, -0.1) is 0 Å². The van der Waals surface area contributed by atoms with Crippen LogP contribution >= 0.6 is 0 Å². The Morgan fingerprint density at radius 2 is 2.03 bits per heavy atom. The van der Waals surface area contributed by atoms with E-state index in [0.29, 0.717) is 17.5 Å². The zero-order valence-electron chi connectivity index (χ0n) is 18.2. The van der Waals surface area contributed by atoms with Gasteiger partial charge < -0.3 is 14.6 Å². The largest absolute Gasteiger partial charge is 0.354 e. The lowest BCUT2D eigenvalue weighted by Crippen LogP contribution is -2.33. The zero-order chi connectivity index (χ0) is 21.4. The fourth-order valence-electron chi connectivity index (χ4n) is 4.63. The summed E-state index contributed by atoms with van der Waals surface area (Å²) >= 11 is 0. The summed E-state index contributed by atoms with van der Waals surface area (Å²) in [5.41, 5.74) is 5.15. The third-order valence-electron chi connectivity index (χ3n) is 6.57. The standard InChI is InChI=1S/C24H29FN6/c1-16-12-26-23-21(25)11-18(15-31(16)23)19-5-3-4-6-22-20(19)14-28-24(29-22)27-13-17-7-9-30(2)10-8-17/h5,11-12,14-15,17H,3-4,6-10,13H2,1-2H3,(H,27,28,29). The van der Waals surface area contributed by atoms with Gasteiger partial charge in [-0.25, -0.2) is 19.3 Å². The molecule has 0 amide bonds. The molecule has 0 radical (unpaired) electrons. The molecule has 3 aromatic rings. The van der Waals surface area contributed by atoms with Gasteiger partial charge in [-0.1, -0.05) is 6.08 Å². The second-order valence-corrected chi connectivity index (χ2v) is 8.86. The van der Waals surface area contributed by atoms with Gasteiger partial charge >= 0.3 is 0 Å². The molecule has 0 spiro atoms. The Kier molecular flexibility index (Phi) is 5.44. The molecule has 3 aromatic heterocycles. The first-order chi connectivity index (χ1) is 15.1. The van der Waals surface area contributed by atoms with Crippen LogP contribution in [0.1, 0.15) is 48.2 Å². The van der Waals surface area contributed by atoms with Crippen LogP contribution in [0.4, 0.5) is 10.3 Å². The van der Waals surface area contributed by atoms with Crippen LogP contribution in [0.2, 0.25) is 0 Å². The van der Waals surface area contributed by atoms with Crippen LogP contribution < -0.4 is 5.32 Å². The number of hydrogen-bond donors (Lipinski definition) is 1. The lowest BCUT2D eigenvalue weighted by Gasteiger charge is -2.29.